The molecular weight excluding hydrogens is 236 g/mol. The van der Waals surface area contributed by atoms with Gasteiger partial charge in [-0.3, -0.25) is 4.79 Å². The normalized spacial score (nSPS) is 25.8. The van der Waals surface area contributed by atoms with Gasteiger partial charge in [-0.15, -0.1) is 12.4 Å². The number of nitrogens with one attached hydrogen (secondary N) is 1. The summed E-state index contributed by atoms with van der Waals surface area (Å²) in [6.45, 7) is 4.58. The van der Waals surface area contributed by atoms with Crippen LogP contribution in [0.3, 0.4) is 0 Å². The van der Waals surface area contributed by atoms with E-state index in [1.807, 2.05) is 6.92 Å². The van der Waals surface area contributed by atoms with Crippen molar-refractivity contribution in [3.8, 4) is 0 Å². The molecule has 0 bridgehead atoms. The van der Waals surface area contributed by atoms with Crippen LogP contribution in [-0.2, 0) is 4.79 Å². The fourth-order valence-electron chi connectivity index (χ4n) is 2.45. The number of halogens is 1. The minimum absolute atomic E-state index is 0. The summed E-state index contributed by atoms with van der Waals surface area (Å²) in [7, 11) is 0. The first-order valence-corrected chi connectivity index (χ1v) is 6.67. The van der Waals surface area contributed by atoms with Crippen LogP contribution in [0.4, 0.5) is 0 Å². The van der Waals surface area contributed by atoms with E-state index >= 15 is 0 Å². The average molecular weight is 263 g/mol. The topological polar surface area (TPSA) is 55.1 Å². The maximum atomic E-state index is 11.7. The van der Waals surface area contributed by atoms with Gasteiger partial charge in [0, 0.05) is 18.5 Å². The van der Waals surface area contributed by atoms with E-state index in [1.54, 1.807) is 0 Å². The molecule has 0 spiro atoms. The Balaban J connectivity index is 0.00000256. The second kappa shape index (κ2) is 8.76. The summed E-state index contributed by atoms with van der Waals surface area (Å²) >= 11 is 0. The molecule has 1 rings (SSSR count). The molecule has 1 unspecified atom stereocenters. The van der Waals surface area contributed by atoms with E-state index in [9.17, 15) is 4.79 Å². The number of hydrogen-bond donors (Lipinski definition) is 2. The fraction of sp³-hybridized carbons (Fsp3) is 0.923. The van der Waals surface area contributed by atoms with Crippen molar-refractivity contribution in [1.82, 2.24) is 5.32 Å². The van der Waals surface area contributed by atoms with Crippen molar-refractivity contribution in [2.75, 3.05) is 6.54 Å². The Morgan fingerprint density at radius 3 is 2.41 bits per heavy atom. The Morgan fingerprint density at radius 1 is 1.35 bits per heavy atom. The van der Waals surface area contributed by atoms with Crippen LogP contribution in [0.25, 0.3) is 0 Å². The number of hydrogen-bond acceptors (Lipinski definition) is 2. The number of carbonyl (C=O) groups is 1. The quantitative estimate of drug-likeness (QED) is 0.800. The second-order valence-electron chi connectivity index (χ2n) is 5.15. The van der Waals surface area contributed by atoms with Gasteiger partial charge in [0.1, 0.15) is 0 Å². The first-order valence-electron chi connectivity index (χ1n) is 6.67. The van der Waals surface area contributed by atoms with Crippen molar-refractivity contribution in [1.29, 1.82) is 0 Å². The van der Waals surface area contributed by atoms with Crippen LogP contribution in [0, 0.1) is 11.8 Å². The zero-order valence-electron chi connectivity index (χ0n) is 11.1. The summed E-state index contributed by atoms with van der Waals surface area (Å²) in [6, 6.07) is 0.398. The zero-order valence-corrected chi connectivity index (χ0v) is 11.9. The number of carbonyl (C=O) groups excluding carboxylic acids is 1. The molecule has 0 heterocycles. The first-order chi connectivity index (χ1) is 7.67. The molecule has 0 aliphatic heterocycles. The molecule has 1 amide bonds. The van der Waals surface area contributed by atoms with Crippen molar-refractivity contribution >= 4 is 18.3 Å². The lowest BCUT2D eigenvalue weighted by atomic mass is 9.83. The molecule has 1 aliphatic rings. The second-order valence-corrected chi connectivity index (χ2v) is 5.15. The van der Waals surface area contributed by atoms with Gasteiger partial charge in [-0.2, -0.15) is 0 Å². The van der Waals surface area contributed by atoms with Crippen LogP contribution in [0.5, 0.6) is 0 Å². The highest BCUT2D eigenvalue weighted by atomic mass is 35.5. The van der Waals surface area contributed by atoms with E-state index in [2.05, 4.69) is 12.2 Å². The lowest BCUT2D eigenvalue weighted by molar-refractivity contribution is -0.125. The summed E-state index contributed by atoms with van der Waals surface area (Å²) < 4.78 is 0. The molecular formula is C13H27ClN2O. The highest BCUT2D eigenvalue weighted by molar-refractivity contribution is 5.85. The molecule has 1 atom stereocenters. The van der Waals surface area contributed by atoms with Crippen LogP contribution in [0.2, 0.25) is 0 Å². The fourth-order valence-corrected chi connectivity index (χ4v) is 2.45. The van der Waals surface area contributed by atoms with Gasteiger partial charge < -0.3 is 11.1 Å². The molecule has 3 nitrogen and oxygen atoms in total. The molecule has 1 fully saturated rings. The summed E-state index contributed by atoms with van der Waals surface area (Å²) in [4.78, 5) is 11.7. The maximum Gasteiger partial charge on any atom is 0.224 e. The lowest BCUT2D eigenvalue weighted by Gasteiger charge is -2.29. The minimum Gasteiger partial charge on any atom is -0.353 e. The van der Waals surface area contributed by atoms with E-state index in [0.29, 0.717) is 12.6 Å². The summed E-state index contributed by atoms with van der Waals surface area (Å²) in [5.74, 6) is 0.972. The van der Waals surface area contributed by atoms with Gasteiger partial charge >= 0.3 is 0 Å². The molecule has 1 saturated carbocycles. The van der Waals surface area contributed by atoms with Gasteiger partial charge in [0.2, 0.25) is 5.91 Å². The summed E-state index contributed by atoms with van der Waals surface area (Å²) in [6.07, 6.45) is 7.47. The van der Waals surface area contributed by atoms with Crippen molar-refractivity contribution in [2.45, 2.75) is 58.4 Å². The molecule has 0 saturated heterocycles. The van der Waals surface area contributed by atoms with Gasteiger partial charge in [-0.1, -0.05) is 26.7 Å². The number of amides is 1. The molecule has 0 aromatic rings. The van der Waals surface area contributed by atoms with E-state index < -0.39 is 0 Å². The molecule has 0 aromatic carbocycles. The Bertz CT molecular complexity index is 215. The molecule has 1 aliphatic carbocycles. The van der Waals surface area contributed by atoms with Gasteiger partial charge in [-0.05, 0) is 31.6 Å². The van der Waals surface area contributed by atoms with Gasteiger partial charge in [0.25, 0.3) is 0 Å². The molecule has 102 valence electrons. The van der Waals surface area contributed by atoms with Gasteiger partial charge in [-0.25, -0.2) is 0 Å². The smallest absolute Gasteiger partial charge is 0.224 e. The maximum absolute atomic E-state index is 11.7. The third-order valence-electron chi connectivity index (χ3n) is 3.69. The van der Waals surface area contributed by atoms with Crippen LogP contribution < -0.4 is 11.1 Å². The largest absolute Gasteiger partial charge is 0.353 e. The van der Waals surface area contributed by atoms with Crippen molar-refractivity contribution < 1.29 is 4.79 Å². The summed E-state index contributed by atoms with van der Waals surface area (Å²) in [5, 5.41) is 3.11. The Morgan fingerprint density at radius 2 is 1.94 bits per heavy atom. The van der Waals surface area contributed by atoms with Crippen LogP contribution >= 0.6 is 12.4 Å². The molecule has 0 aromatic heterocycles. The number of nitrogens with two attached hydrogens (primary N) is 1. The van der Waals surface area contributed by atoms with Crippen molar-refractivity contribution in [3.63, 3.8) is 0 Å². The molecule has 0 radical (unpaired) electrons. The van der Waals surface area contributed by atoms with Crippen molar-refractivity contribution in [2.24, 2.45) is 17.6 Å². The average Bonchev–Trinajstić information content (AvgIpc) is 2.31. The predicted octanol–water partition coefficient (Wildman–Crippen LogP) is 2.48. The Kier molecular flexibility index (Phi) is 8.61. The zero-order chi connectivity index (χ0) is 12.0. The first kappa shape index (κ1) is 16.7. The third kappa shape index (κ3) is 5.73. The summed E-state index contributed by atoms with van der Waals surface area (Å²) in [5.41, 5.74) is 5.48. The van der Waals surface area contributed by atoms with E-state index in [4.69, 9.17) is 5.73 Å². The predicted molar refractivity (Wildman–Crippen MR) is 74.3 cm³/mol. The molecule has 4 heteroatoms. The van der Waals surface area contributed by atoms with Crippen molar-refractivity contribution in [3.05, 3.63) is 0 Å². The lowest BCUT2D eigenvalue weighted by Crippen LogP contribution is -2.42. The highest BCUT2D eigenvalue weighted by Crippen LogP contribution is 2.27. The van der Waals surface area contributed by atoms with Crippen LogP contribution in [0.1, 0.15) is 52.4 Å². The van der Waals surface area contributed by atoms with Crippen LogP contribution in [-0.4, -0.2) is 18.5 Å². The highest BCUT2D eigenvalue weighted by Gasteiger charge is 2.22. The van der Waals surface area contributed by atoms with Gasteiger partial charge in [0.15, 0.2) is 0 Å². The number of rotatable bonds is 5. The Hall–Kier alpha value is -0.280. The third-order valence-corrected chi connectivity index (χ3v) is 3.69. The van der Waals surface area contributed by atoms with E-state index in [0.717, 1.165) is 18.8 Å². The standard InChI is InChI=1S/C13H26N2O.ClH/c1-3-4-11-5-7-12(8-6-11)15-13(16)10(2)9-14;/h10-12H,3-9,14H2,1-2H3,(H,15,16);1H. The van der Waals surface area contributed by atoms with E-state index in [-0.39, 0.29) is 24.2 Å². The van der Waals surface area contributed by atoms with Crippen LogP contribution in [0.15, 0.2) is 0 Å². The minimum atomic E-state index is -0.0478. The molecule has 3 N–H and O–H groups in total. The molecule has 17 heavy (non-hydrogen) atoms. The SMILES string of the molecule is CCCC1CCC(NC(=O)C(C)CN)CC1.Cl. The van der Waals surface area contributed by atoms with E-state index in [1.165, 1.54) is 25.7 Å². The monoisotopic (exact) mass is 262 g/mol. The Labute approximate surface area is 111 Å². The van der Waals surface area contributed by atoms with Gasteiger partial charge in [0.05, 0.1) is 0 Å².